The van der Waals surface area contributed by atoms with Crippen molar-refractivity contribution in [1.82, 2.24) is 4.90 Å². The average Bonchev–Trinajstić information content (AvgIpc) is 2.72. The molecule has 1 aliphatic carbocycles. The van der Waals surface area contributed by atoms with Gasteiger partial charge in [-0.05, 0) is 19.3 Å². The van der Waals surface area contributed by atoms with E-state index in [1.165, 1.54) is 0 Å². The maximum atomic E-state index is 12.7. The van der Waals surface area contributed by atoms with E-state index < -0.39 is 12.1 Å². The Balaban J connectivity index is 1.97. The lowest BCUT2D eigenvalue weighted by Crippen LogP contribution is -2.52. The summed E-state index contributed by atoms with van der Waals surface area (Å²) in [7, 11) is 0. The summed E-state index contributed by atoms with van der Waals surface area (Å²) in [5, 5.41) is 0. The van der Waals surface area contributed by atoms with Gasteiger partial charge >= 0.3 is 6.18 Å². The largest absolute Gasteiger partial charge is 0.394 e. The van der Waals surface area contributed by atoms with Crippen LogP contribution in [-0.4, -0.2) is 49.5 Å². The first-order valence-corrected chi connectivity index (χ1v) is 6.15. The Kier molecular flexibility index (Phi) is 3.95. The SMILES string of the molecule is NCC(CN1CCOC2CCCC21)C(F)(F)F. The molecule has 0 aromatic heterocycles. The summed E-state index contributed by atoms with van der Waals surface area (Å²) in [5.74, 6) is -1.41. The third kappa shape index (κ3) is 2.92. The van der Waals surface area contributed by atoms with Gasteiger partial charge in [-0.15, -0.1) is 0 Å². The second-order valence-corrected chi connectivity index (χ2v) is 4.88. The standard InChI is InChI=1S/C11H19F3N2O/c12-11(13,14)8(6-15)7-16-4-5-17-10-3-1-2-9(10)16/h8-10H,1-7,15H2. The Morgan fingerprint density at radius 1 is 1.35 bits per heavy atom. The number of fused-ring (bicyclic) bond motifs is 1. The van der Waals surface area contributed by atoms with Gasteiger partial charge in [0.2, 0.25) is 0 Å². The van der Waals surface area contributed by atoms with Gasteiger partial charge < -0.3 is 10.5 Å². The molecular weight excluding hydrogens is 233 g/mol. The molecule has 6 heteroatoms. The van der Waals surface area contributed by atoms with Gasteiger partial charge in [-0.25, -0.2) is 0 Å². The Bertz CT molecular complexity index is 260. The highest BCUT2D eigenvalue weighted by Crippen LogP contribution is 2.32. The molecule has 0 aromatic carbocycles. The molecule has 3 atom stereocenters. The maximum Gasteiger partial charge on any atom is 0.394 e. The fraction of sp³-hybridized carbons (Fsp3) is 1.00. The van der Waals surface area contributed by atoms with Gasteiger partial charge in [0.25, 0.3) is 0 Å². The molecule has 17 heavy (non-hydrogen) atoms. The molecule has 0 aromatic rings. The third-order valence-electron chi connectivity index (χ3n) is 3.80. The molecule has 1 heterocycles. The van der Waals surface area contributed by atoms with E-state index in [0.29, 0.717) is 13.2 Å². The molecule has 2 N–H and O–H groups in total. The van der Waals surface area contributed by atoms with Crippen LogP contribution in [0.25, 0.3) is 0 Å². The lowest BCUT2D eigenvalue weighted by Gasteiger charge is -2.39. The zero-order valence-electron chi connectivity index (χ0n) is 9.75. The number of ether oxygens (including phenoxy) is 1. The van der Waals surface area contributed by atoms with Gasteiger partial charge in [0.15, 0.2) is 0 Å². The number of nitrogens with two attached hydrogens (primary N) is 1. The Morgan fingerprint density at radius 2 is 2.12 bits per heavy atom. The van der Waals surface area contributed by atoms with Gasteiger partial charge in [-0.1, -0.05) is 0 Å². The summed E-state index contributed by atoms with van der Waals surface area (Å²) in [5.41, 5.74) is 5.24. The topological polar surface area (TPSA) is 38.5 Å². The van der Waals surface area contributed by atoms with E-state index in [-0.39, 0.29) is 25.2 Å². The lowest BCUT2D eigenvalue weighted by atomic mass is 10.1. The summed E-state index contributed by atoms with van der Waals surface area (Å²) in [6.07, 6.45) is -1.09. The highest BCUT2D eigenvalue weighted by atomic mass is 19.4. The first-order chi connectivity index (χ1) is 8.02. The van der Waals surface area contributed by atoms with E-state index in [2.05, 4.69) is 0 Å². The molecule has 2 aliphatic rings. The van der Waals surface area contributed by atoms with Crippen molar-refractivity contribution in [3.05, 3.63) is 0 Å². The van der Waals surface area contributed by atoms with E-state index in [9.17, 15) is 13.2 Å². The van der Waals surface area contributed by atoms with Crippen LogP contribution in [0.1, 0.15) is 19.3 Å². The minimum absolute atomic E-state index is 0.0184. The molecule has 0 bridgehead atoms. The molecule has 0 amide bonds. The normalized spacial score (nSPS) is 32.5. The van der Waals surface area contributed by atoms with Crippen molar-refractivity contribution in [2.75, 3.05) is 26.2 Å². The van der Waals surface area contributed by atoms with Crippen molar-refractivity contribution >= 4 is 0 Å². The fourth-order valence-corrected chi connectivity index (χ4v) is 2.83. The molecule has 0 radical (unpaired) electrons. The van der Waals surface area contributed by atoms with Crippen molar-refractivity contribution in [2.24, 2.45) is 11.7 Å². The van der Waals surface area contributed by atoms with Crippen LogP contribution in [0.2, 0.25) is 0 Å². The highest BCUT2D eigenvalue weighted by molar-refractivity contribution is 4.90. The Hall–Kier alpha value is -0.330. The minimum atomic E-state index is -4.19. The van der Waals surface area contributed by atoms with Crippen molar-refractivity contribution < 1.29 is 17.9 Å². The van der Waals surface area contributed by atoms with Gasteiger partial charge in [0, 0.05) is 25.7 Å². The monoisotopic (exact) mass is 252 g/mol. The summed E-state index contributed by atoms with van der Waals surface area (Å²) in [6.45, 7) is 0.812. The zero-order chi connectivity index (χ0) is 12.5. The van der Waals surface area contributed by atoms with Crippen LogP contribution in [0.4, 0.5) is 13.2 Å². The molecule has 2 fully saturated rings. The molecule has 3 nitrogen and oxygen atoms in total. The van der Waals surface area contributed by atoms with E-state index in [4.69, 9.17) is 10.5 Å². The van der Waals surface area contributed by atoms with Gasteiger partial charge in [0.1, 0.15) is 0 Å². The smallest absolute Gasteiger partial charge is 0.375 e. The first-order valence-electron chi connectivity index (χ1n) is 6.15. The van der Waals surface area contributed by atoms with Crippen LogP contribution in [0.5, 0.6) is 0 Å². The molecule has 100 valence electrons. The van der Waals surface area contributed by atoms with Crippen molar-refractivity contribution in [3.8, 4) is 0 Å². The highest BCUT2D eigenvalue weighted by Gasteiger charge is 2.43. The summed E-state index contributed by atoms with van der Waals surface area (Å²) in [6, 6.07) is 0.167. The third-order valence-corrected chi connectivity index (χ3v) is 3.80. The Morgan fingerprint density at radius 3 is 2.76 bits per heavy atom. The second-order valence-electron chi connectivity index (χ2n) is 4.88. The molecule has 0 spiro atoms. The fourth-order valence-electron chi connectivity index (χ4n) is 2.83. The predicted octanol–water partition coefficient (Wildman–Crippen LogP) is 1.38. The number of hydrogen-bond donors (Lipinski definition) is 1. The predicted molar refractivity (Wildman–Crippen MR) is 57.6 cm³/mol. The van der Waals surface area contributed by atoms with Crippen molar-refractivity contribution in [1.29, 1.82) is 0 Å². The van der Waals surface area contributed by atoms with E-state index in [1.807, 2.05) is 4.90 Å². The molecule has 3 unspecified atom stereocenters. The summed E-state index contributed by atoms with van der Waals surface area (Å²) < 4.78 is 43.6. The maximum absolute atomic E-state index is 12.7. The van der Waals surface area contributed by atoms with E-state index in [1.54, 1.807) is 0 Å². The lowest BCUT2D eigenvalue weighted by molar-refractivity contribution is -0.182. The minimum Gasteiger partial charge on any atom is -0.375 e. The van der Waals surface area contributed by atoms with Gasteiger partial charge in [-0.3, -0.25) is 4.90 Å². The molecule has 2 rings (SSSR count). The average molecular weight is 252 g/mol. The Labute approximate surface area is 99.1 Å². The van der Waals surface area contributed by atoms with Crippen LogP contribution < -0.4 is 5.73 Å². The van der Waals surface area contributed by atoms with Crippen LogP contribution in [0.3, 0.4) is 0 Å². The van der Waals surface area contributed by atoms with Crippen LogP contribution in [0.15, 0.2) is 0 Å². The number of hydrogen-bond acceptors (Lipinski definition) is 3. The van der Waals surface area contributed by atoms with Crippen molar-refractivity contribution in [2.45, 2.75) is 37.6 Å². The van der Waals surface area contributed by atoms with Gasteiger partial charge in [-0.2, -0.15) is 13.2 Å². The zero-order valence-corrected chi connectivity index (χ0v) is 9.75. The second kappa shape index (κ2) is 5.12. The molecule has 1 aliphatic heterocycles. The number of halogens is 3. The summed E-state index contributed by atoms with van der Waals surface area (Å²) >= 11 is 0. The number of morpholine rings is 1. The van der Waals surface area contributed by atoms with Crippen molar-refractivity contribution in [3.63, 3.8) is 0 Å². The number of alkyl halides is 3. The van der Waals surface area contributed by atoms with Crippen LogP contribution >= 0.6 is 0 Å². The van der Waals surface area contributed by atoms with Crippen LogP contribution in [-0.2, 0) is 4.74 Å². The molecule has 1 saturated heterocycles. The van der Waals surface area contributed by atoms with Gasteiger partial charge in [0.05, 0.1) is 18.6 Å². The number of rotatable bonds is 3. The quantitative estimate of drug-likeness (QED) is 0.824. The van der Waals surface area contributed by atoms with E-state index >= 15 is 0 Å². The molecule has 1 saturated carbocycles. The number of nitrogens with zero attached hydrogens (tertiary/aromatic N) is 1. The summed E-state index contributed by atoms with van der Waals surface area (Å²) in [4.78, 5) is 1.92. The van der Waals surface area contributed by atoms with Crippen LogP contribution in [0, 0.1) is 5.92 Å². The van der Waals surface area contributed by atoms with E-state index in [0.717, 1.165) is 19.3 Å². The first kappa shape index (κ1) is 13.1. The molecular formula is C11H19F3N2O.